The van der Waals surface area contributed by atoms with Gasteiger partial charge in [-0.15, -0.1) is 0 Å². The number of ether oxygens (including phenoxy) is 1. The van der Waals surface area contributed by atoms with E-state index in [1.807, 2.05) is 11.0 Å². The van der Waals surface area contributed by atoms with Crippen LogP contribution in [0.5, 0.6) is 0 Å². The van der Waals surface area contributed by atoms with Crippen LogP contribution >= 0.6 is 0 Å². The number of benzene rings is 2. The highest BCUT2D eigenvalue weighted by atomic mass is 19.1. The largest absolute Gasteiger partial charge is 0.378 e. The molecule has 1 aliphatic heterocycles. The number of anilines is 1. The molecule has 1 saturated heterocycles. The second kappa shape index (κ2) is 7.76. The number of halogens is 1. The van der Waals surface area contributed by atoms with Crippen LogP contribution < -0.4 is 4.90 Å². The Labute approximate surface area is 149 Å². The van der Waals surface area contributed by atoms with Gasteiger partial charge in [0.15, 0.2) is 0 Å². The topological polar surface area (TPSA) is 79.4 Å². The summed E-state index contributed by atoms with van der Waals surface area (Å²) in [5.41, 5.74) is 1.66. The molecule has 1 aliphatic rings. The first-order chi connectivity index (χ1) is 12.6. The summed E-state index contributed by atoms with van der Waals surface area (Å²) in [5.74, 6) is -0.447. The van der Waals surface area contributed by atoms with E-state index in [-0.39, 0.29) is 11.3 Å². The fourth-order valence-electron chi connectivity index (χ4n) is 2.85. The van der Waals surface area contributed by atoms with Gasteiger partial charge in [-0.25, -0.2) is 4.39 Å². The molecule has 0 unspecified atom stereocenters. The molecule has 0 spiro atoms. The molecule has 1 fully saturated rings. The number of allylic oxidation sites excluding steroid dienone is 1. The monoisotopic (exact) mass is 353 g/mol. The van der Waals surface area contributed by atoms with Crippen LogP contribution in [0.3, 0.4) is 0 Å². The minimum absolute atomic E-state index is 0.0304. The van der Waals surface area contributed by atoms with Crippen molar-refractivity contribution in [3.8, 4) is 6.07 Å². The number of nitriles is 1. The Bertz CT molecular complexity index is 899. The molecule has 3 rings (SSSR count). The lowest BCUT2D eigenvalue weighted by atomic mass is 10.0. The van der Waals surface area contributed by atoms with Gasteiger partial charge in [-0.1, -0.05) is 18.2 Å². The van der Waals surface area contributed by atoms with Gasteiger partial charge in [0.1, 0.15) is 11.5 Å². The van der Waals surface area contributed by atoms with Gasteiger partial charge in [0.2, 0.25) is 0 Å². The summed E-state index contributed by atoms with van der Waals surface area (Å²) in [7, 11) is 0. The molecule has 0 amide bonds. The van der Waals surface area contributed by atoms with Gasteiger partial charge in [-0.3, -0.25) is 10.1 Å². The molecule has 0 aromatic heterocycles. The summed E-state index contributed by atoms with van der Waals surface area (Å²) in [6.07, 6.45) is 1.52. The Kier molecular flexibility index (Phi) is 5.25. The molecule has 0 atom stereocenters. The van der Waals surface area contributed by atoms with Gasteiger partial charge in [0.25, 0.3) is 5.69 Å². The summed E-state index contributed by atoms with van der Waals surface area (Å²) in [5, 5.41) is 20.9. The number of nitrogens with zero attached hydrogens (tertiary/aromatic N) is 3. The first-order valence-corrected chi connectivity index (χ1v) is 8.07. The van der Waals surface area contributed by atoms with E-state index < -0.39 is 10.7 Å². The van der Waals surface area contributed by atoms with E-state index >= 15 is 0 Å². The van der Waals surface area contributed by atoms with Crippen LogP contribution in [0.1, 0.15) is 11.1 Å². The minimum Gasteiger partial charge on any atom is -0.378 e. The number of hydrogen-bond donors (Lipinski definition) is 0. The Morgan fingerprint density at radius 1 is 1.27 bits per heavy atom. The standard InChI is InChI=1S/C19H16FN3O3/c20-17-3-1-2-15(12-17)16(13-21)10-14-4-5-18(19(11-14)23(24)25)22-6-8-26-9-7-22/h1-5,10-12H,6-9H2/b16-10-. The smallest absolute Gasteiger partial charge is 0.293 e. The van der Waals surface area contributed by atoms with Gasteiger partial charge < -0.3 is 9.64 Å². The average Bonchev–Trinajstić information content (AvgIpc) is 2.66. The lowest BCUT2D eigenvalue weighted by Gasteiger charge is -2.28. The summed E-state index contributed by atoms with van der Waals surface area (Å²) in [6.45, 7) is 2.22. The van der Waals surface area contributed by atoms with E-state index in [1.165, 1.54) is 30.3 Å². The van der Waals surface area contributed by atoms with Crippen molar-refractivity contribution in [2.75, 3.05) is 31.2 Å². The number of hydrogen-bond acceptors (Lipinski definition) is 5. The predicted molar refractivity (Wildman–Crippen MR) is 96.0 cm³/mol. The van der Waals surface area contributed by atoms with Crippen LogP contribution in [0.4, 0.5) is 15.8 Å². The zero-order valence-electron chi connectivity index (χ0n) is 13.9. The van der Waals surface area contributed by atoms with Crippen molar-refractivity contribution < 1.29 is 14.1 Å². The van der Waals surface area contributed by atoms with Gasteiger partial charge in [-0.2, -0.15) is 5.26 Å². The van der Waals surface area contributed by atoms with Crippen molar-refractivity contribution in [3.05, 3.63) is 69.5 Å². The number of rotatable bonds is 4. The molecule has 2 aromatic rings. The lowest BCUT2D eigenvalue weighted by molar-refractivity contribution is -0.384. The van der Waals surface area contributed by atoms with Crippen LogP contribution in [-0.2, 0) is 4.74 Å². The summed E-state index contributed by atoms with van der Waals surface area (Å²) in [4.78, 5) is 13.0. The van der Waals surface area contributed by atoms with E-state index in [1.54, 1.807) is 18.2 Å². The fraction of sp³-hybridized carbons (Fsp3) is 0.211. The minimum atomic E-state index is -0.447. The third-order valence-corrected chi connectivity index (χ3v) is 4.12. The van der Waals surface area contributed by atoms with E-state index in [0.29, 0.717) is 43.1 Å². The van der Waals surface area contributed by atoms with Crippen molar-refractivity contribution in [2.45, 2.75) is 0 Å². The van der Waals surface area contributed by atoms with Gasteiger partial charge in [-0.05, 0) is 35.4 Å². The first-order valence-electron chi connectivity index (χ1n) is 8.07. The summed E-state index contributed by atoms with van der Waals surface area (Å²) < 4.78 is 18.7. The van der Waals surface area contributed by atoms with Crippen molar-refractivity contribution >= 4 is 23.0 Å². The van der Waals surface area contributed by atoms with Gasteiger partial charge >= 0.3 is 0 Å². The number of morpholine rings is 1. The van der Waals surface area contributed by atoms with Crippen LogP contribution in [0.15, 0.2) is 42.5 Å². The van der Waals surface area contributed by atoms with Crippen LogP contribution in [0, 0.1) is 27.3 Å². The molecule has 1 heterocycles. The molecule has 132 valence electrons. The van der Waals surface area contributed by atoms with E-state index in [2.05, 4.69) is 0 Å². The quantitative estimate of drug-likeness (QED) is 0.363. The molecule has 0 N–H and O–H groups in total. The fourth-order valence-corrected chi connectivity index (χ4v) is 2.85. The highest BCUT2D eigenvalue weighted by Crippen LogP contribution is 2.31. The Hall–Kier alpha value is -3.24. The van der Waals surface area contributed by atoms with Crippen molar-refractivity contribution in [2.24, 2.45) is 0 Å². The lowest BCUT2D eigenvalue weighted by Crippen LogP contribution is -2.36. The second-order valence-corrected chi connectivity index (χ2v) is 5.78. The van der Waals surface area contributed by atoms with Crippen LogP contribution in [0.25, 0.3) is 11.6 Å². The van der Waals surface area contributed by atoms with Crippen molar-refractivity contribution in [1.29, 1.82) is 5.26 Å². The number of nitro groups is 1. The van der Waals surface area contributed by atoms with Gasteiger partial charge in [0.05, 0.1) is 29.8 Å². The number of nitro benzene ring substituents is 1. The van der Waals surface area contributed by atoms with Crippen LogP contribution in [-0.4, -0.2) is 31.2 Å². The average molecular weight is 353 g/mol. The molecule has 0 saturated carbocycles. The molecule has 2 aromatic carbocycles. The maximum absolute atomic E-state index is 13.4. The highest BCUT2D eigenvalue weighted by Gasteiger charge is 2.21. The summed E-state index contributed by atoms with van der Waals surface area (Å²) >= 11 is 0. The van der Waals surface area contributed by atoms with Crippen LogP contribution in [0.2, 0.25) is 0 Å². The SMILES string of the molecule is N#C/C(=C/c1ccc(N2CCOCC2)c([N+](=O)[O-])c1)c1cccc(F)c1. The zero-order valence-corrected chi connectivity index (χ0v) is 13.9. The van der Waals surface area contributed by atoms with E-state index in [4.69, 9.17) is 4.74 Å². The Morgan fingerprint density at radius 2 is 2.04 bits per heavy atom. The predicted octanol–water partition coefficient (Wildman–Crippen LogP) is 3.63. The van der Waals surface area contributed by atoms with E-state index in [0.717, 1.165) is 0 Å². The molecule has 26 heavy (non-hydrogen) atoms. The summed E-state index contributed by atoms with van der Waals surface area (Å²) in [6, 6.07) is 12.5. The maximum Gasteiger partial charge on any atom is 0.293 e. The Balaban J connectivity index is 1.99. The van der Waals surface area contributed by atoms with Crippen molar-refractivity contribution in [3.63, 3.8) is 0 Å². The van der Waals surface area contributed by atoms with Gasteiger partial charge in [0, 0.05) is 19.2 Å². The molecule has 6 nitrogen and oxygen atoms in total. The normalized spacial score (nSPS) is 14.8. The first kappa shape index (κ1) is 17.6. The van der Waals surface area contributed by atoms with Crippen molar-refractivity contribution in [1.82, 2.24) is 0 Å². The highest BCUT2D eigenvalue weighted by molar-refractivity contribution is 5.90. The third-order valence-electron chi connectivity index (χ3n) is 4.12. The van der Waals surface area contributed by atoms with E-state index in [9.17, 15) is 19.8 Å². The molecule has 7 heteroatoms. The zero-order chi connectivity index (χ0) is 18.5. The molecule has 0 radical (unpaired) electrons. The Morgan fingerprint density at radius 3 is 2.69 bits per heavy atom. The second-order valence-electron chi connectivity index (χ2n) is 5.78. The maximum atomic E-state index is 13.4. The molecular formula is C19H16FN3O3. The molecule has 0 bridgehead atoms. The molecular weight excluding hydrogens is 337 g/mol. The molecule has 0 aliphatic carbocycles. The third kappa shape index (κ3) is 3.87.